The molecule has 0 bridgehead atoms. The van der Waals surface area contributed by atoms with Gasteiger partial charge in [0, 0.05) is 5.69 Å². The lowest BCUT2D eigenvalue weighted by Gasteiger charge is -2.09. The zero-order valence-electron chi connectivity index (χ0n) is 11.5. The van der Waals surface area contributed by atoms with E-state index in [9.17, 15) is 9.59 Å². The lowest BCUT2D eigenvalue weighted by Crippen LogP contribution is -2.28. The minimum Gasteiger partial charge on any atom is -0.478 e. The standard InChI is InChI=1S/C13H14N4O4/c1-7-3-4-9(12(18)19)5-10(7)16-13(20)14-6-11-15-8(2)17-21-11/h3-5H,6H2,1-2H3,(H,18,19)(H2,14,16,20). The number of hydrogen-bond acceptors (Lipinski definition) is 5. The van der Waals surface area contributed by atoms with E-state index in [1.165, 1.54) is 12.1 Å². The average Bonchev–Trinajstić information content (AvgIpc) is 2.84. The molecule has 110 valence electrons. The molecular weight excluding hydrogens is 276 g/mol. The number of benzene rings is 1. The van der Waals surface area contributed by atoms with Crippen molar-refractivity contribution in [2.75, 3.05) is 5.32 Å². The molecule has 2 amide bonds. The van der Waals surface area contributed by atoms with E-state index in [0.29, 0.717) is 17.4 Å². The van der Waals surface area contributed by atoms with Crippen LogP contribution in [0, 0.1) is 13.8 Å². The normalized spacial score (nSPS) is 10.2. The first-order valence-corrected chi connectivity index (χ1v) is 6.13. The maximum Gasteiger partial charge on any atom is 0.335 e. The number of carbonyl (C=O) groups is 2. The smallest absolute Gasteiger partial charge is 0.335 e. The van der Waals surface area contributed by atoms with E-state index in [1.54, 1.807) is 19.9 Å². The van der Waals surface area contributed by atoms with Gasteiger partial charge in [-0.05, 0) is 31.5 Å². The molecule has 1 heterocycles. The second-order valence-electron chi connectivity index (χ2n) is 4.38. The topological polar surface area (TPSA) is 117 Å². The molecule has 0 saturated carbocycles. The number of nitrogens with one attached hydrogen (secondary N) is 2. The molecule has 3 N–H and O–H groups in total. The minimum absolute atomic E-state index is 0.0876. The van der Waals surface area contributed by atoms with Gasteiger partial charge in [0.25, 0.3) is 0 Å². The Labute approximate surface area is 120 Å². The summed E-state index contributed by atoms with van der Waals surface area (Å²) in [6, 6.07) is 4.01. The van der Waals surface area contributed by atoms with Crippen LogP contribution in [0.2, 0.25) is 0 Å². The molecule has 0 aliphatic rings. The van der Waals surface area contributed by atoms with Crippen molar-refractivity contribution in [3.05, 3.63) is 41.0 Å². The highest BCUT2D eigenvalue weighted by Crippen LogP contribution is 2.16. The summed E-state index contributed by atoms with van der Waals surface area (Å²) in [5, 5.41) is 17.7. The van der Waals surface area contributed by atoms with Crippen molar-refractivity contribution in [2.45, 2.75) is 20.4 Å². The Morgan fingerprint density at radius 1 is 1.33 bits per heavy atom. The molecule has 0 saturated heterocycles. The molecule has 0 fully saturated rings. The van der Waals surface area contributed by atoms with Crippen LogP contribution < -0.4 is 10.6 Å². The quantitative estimate of drug-likeness (QED) is 0.789. The number of amides is 2. The summed E-state index contributed by atoms with van der Waals surface area (Å²) in [5.74, 6) is -0.282. The molecule has 8 heteroatoms. The van der Waals surface area contributed by atoms with Crippen molar-refractivity contribution in [1.82, 2.24) is 15.5 Å². The Hall–Kier alpha value is -2.90. The van der Waals surface area contributed by atoms with E-state index < -0.39 is 12.0 Å². The van der Waals surface area contributed by atoms with Crippen molar-refractivity contribution in [2.24, 2.45) is 0 Å². The molecule has 0 aliphatic heterocycles. The fourth-order valence-electron chi connectivity index (χ4n) is 1.62. The third kappa shape index (κ3) is 3.78. The van der Waals surface area contributed by atoms with E-state index in [1.807, 2.05) is 0 Å². The van der Waals surface area contributed by atoms with Gasteiger partial charge in [0.05, 0.1) is 12.1 Å². The Kier molecular flexibility index (Phi) is 4.17. The number of aromatic nitrogens is 2. The third-order valence-electron chi connectivity index (χ3n) is 2.70. The number of aryl methyl sites for hydroxylation is 2. The summed E-state index contributed by atoms with van der Waals surface area (Å²) >= 11 is 0. The van der Waals surface area contributed by atoms with Crippen molar-refractivity contribution in [3.8, 4) is 0 Å². The summed E-state index contributed by atoms with van der Waals surface area (Å²) in [5.41, 5.74) is 1.28. The lowest BCUT2D eigenvalue weighted by atomic mass is 10.1. The van der Waals surface area contributed by atoms with Gasteiger partial charge in [0.1, 0.15) is 0 Å². The van der Waals surface area contributed by atoms with Crippen LogP contribution >= 0.6 is 0 Å². The Balaban J connectivity index is 1.99. The molecule has 0 atom stereocenters. The van der Waals surface area contributed by atoms with E-state index in [-0.39, 0.29) is 12.1 Å². The van der Waals surface area contributed by atoms with Crippen molar-refractivity contribution >= 4 is 17.7 Å². The summed E-state index contributed by atoms with van der Waals surface area (Å²) in [6.45, 7) is 3.53. The molecule has 0 spiro atoms. The summed E-state index contributed by atoms with van der Waals surface area (Å²) in [7, 11) is 0. The Bertz CT molecular complexity index is 681. The first kappa shape index (κ1) is 14.5. The third-order valence-corrected chi connectivity index (χ3v) is 2.70. The first-order chi connectivity index (χ1) is 9.95. The maximum atomic E-state index is 11.8. The van der Waals surface area contributed by atoms with Crippen molar-refractivity contribution in [1.29, 1.82) is 0 Å². The number of carboxylic acid groups (broad SMARTS) is 1. The highest BCUT2D eigenvalue weighted by atomic mass is 16.5. The van der Waals surface area contributed by atoms with Gasteiger partial charge in [-0.3, -0.25) is 0 Å². The van der Waals surface area contributed by atoms with Gasteiger partial charge >= 0.3 is 12.0 Å². The second kappa shape index (κ2) is 6.04. The van der Waals surface area contributed by atoms with Crippen LogP contribution in [0.25, 0.3) is 0 Å². The van der Waals surface area contributed by atoms with Crippen LogP contribution in [0.15, 0.2) is 22.7 Å². The summed E-state index contributed by atoms with van der Waals surface area (Å²) in [4.78, 5) is 26.6. The lowest BCUT2D eigenvalue weighted by molar-refractivity contribution is 0.0697. The number of hydrogen-bond donors (Lipinski definition) is 3. The molecule has 1 aromatic carbocycles. The number of aromatic carboxylic acids is 1. The number of nitrogens with zero attached hydrogens (tertiary/aromatic N) is 2. The van der Waals surface area contributed by atoms with Crippen LogP contribution in [0.3, 0.4) is 0 Å². The van der Waals surface area contributed by atoms with Crippen molar-refractivity contribution in [3.63, 3.8) is 0 Å². The average molecular weight is 290 g/mol. The molecule has 2 aromatic rings. The van der Waals surface area contributed by atoms with Gasteiger partial charge in [-0.2, -0.15) is 4.98 Å². The number of urea groups is 1. The van der Waals surface area contributed by atoms with Gasteiger partial charge in [-0.25, -0.2) is 9.59 Å². The Morgan fingerprint density at radius 2 is 2.10 bits per heavy atom. The molecule has 2 rings (SSSR count). The summed E-state index contributed by atoms with van der Waals surface area (Å²) < 4.78 is 4.86. The minimum atomic E-state index is -1.06. The molecule has 0 unspecified atom stereocenters. The molecular formula is C13H14N4O4. The number of carbonyl (C=O) groups excluding carboxylic acids is 1. The van der Waals surface area contributed by atoms with Gasteiger partial charge in [-0.15, -0.1) is 0 Å². The van der Waals surface area contributed by atoms with E-state index in [0.717, 1.165) is 5.56 Å². The van der Waals surface area contributed by atoms with Crippen LogP contribution in [0.1, 0.15) is 27.6 Å². The number of carboxylic acids is 1. The maximum absolute atomic E-state index is 11.8. The molecule has 1 aromatic heterocycles. The largest absolute Gasteiger partial charge is 0.478 e. The Morgan fingerprint density at radius 3 is 2.71 bits per heavy atom. The van der Waals surface area contributed by atoms with Crippen LogP contribution in [-0.4, -0.2) is 27.2 Å². The second-order valence-corrected chi connectivity index (χ2v) is 4.38. The van der Waals surface area contributed by atoms with Gasteiger partial charge < -0.3 is 20.3 Å². The first-order valence-electron chi connectivity index (χ1n) is 6.13. The van der Waals surface area contributed by atoms with E-state index >= 15 is 0 Å². The zero-order chi connectivity index (χ0) is 15.4. The predicted molar refractivity (Wildman–Crippen MR) is 73.0 cm³/mol. The van der Waals surface area contributed by atoms with Crippen molar-refractivity contribution < 1.29 is 19.2 Å². The van der Waals surface area contributed by atoms with Crippen LogP contribution in [-0.2, 0) is 6.54 Å². The fraction of sp³-hybridized carbons (Fsp3) is 0.231. The van der Waals surface area contributed by atoms with Crippen LogP contribution in [0.4, 0.5) is 10.5 Å². The highest BCUT2D eigenvalue weighted by molar-refractivity contribution is 5.93. The van der Waals surface area contributed by atoms with E-state index in [2.05, 4.69) is 20.8 Å². The van der Waals surface area contributed by atoms with Gasteiger partial charge in [-0.1, -0.05) is 11.2 Å². The molecule has 21 heavy (non-hydrogen) atoms. The van der Waals surface area contributed by atoms with E-state index in [4.69, 9.17) is 9.63 Å². The van der Waals surface area contributed by atoms with Gasteiger partial charge in [0.15, 0.2) is 5.82 Å². The van der Waals surface area contributed by atoms with Gasteiger partial charge in [0.2, 0.25) is 5.89 Å². The highest BCUT2D eigenvalue weighted by Gasteiger charge is 2.10. The predicted octanol–water partition coefficient (Wildman–Crippen LogP) is 1.71. The molecule has 8 nitrogen and oxygen atoms in total. The SMILES string of the molecule is Cc1noc(CNC(=O)Nc2cc(C(=O)O)ccc2C)n1. The number of rotatable bonds is 4. The fourth-order valence-corrected chi connectivity index (χ4v) is 1.62. The molecule has 0 aliphatic carbocycles. The number of anilines is 1. The zero-order valence-corrected chi connectivity index (χ0v) is 11.5. The molecule has 0 radical (unpaired) electrons. The van der Waals surface area contributed by atoms with Crippen LogP contribution in [0.5, 0.6) is 0 Å². The monoisotopic (exact) mass is 290 g/mol. The summed E-state index contributed by atoms with van der Waals surface area (Å²) in [6.07, 6.45) is 0.